The summed E-state index contributed by atoms with van der Waals surface area (Å²) >= 11 is 3.34. The minimum atomic E-state index is 0.0361. The molecule has 6 heteroatoms. The number of alkyl halides is 1. The van der Waals surface area contributed by atoms with Crippen LogP contribution in [0.2, 0.25) is 0 Å². The van der Waals surface area contributed by atoms with Crippen LogP contribution in [-0.2, 0) is 11.9 Å². The molecule has 1 aromatic heterocycles. The van der Waals surface area contributed by atoms with Crippen molar-refractivity contribution in [2.75, 3.05) is 6.61 Å². The summed E-state index contributed by atoms with van der Waals surface area (Å²) in [5, 5.41) is 8.74. The van der Waals surface area contributed by atoms with Crippen molar-refractivity contribution in [2.45, 2.75) is 25.7 Å². The van der Waals surface area contributed by atoms with Crippen LogP contribution >= 0.6 is 15.9 Å². The molecule has 0 aliphatic rings. The van der Waals surface area contributed by atoms with Crippen LogP contribution in [0.5, 0.6) is 5.75 Å². The number of ketones is 1. The summed E-state index contributed by atoms with van der Waals surface area (Å²) in [7, 11) is 0. The highest BCUT2D eigenvalue weighted by molar-refractivity contribution is 9.08. The maximum atomic E-state index is 11.5. The topological polar surface area (TPSA) is 57.0 Å². The van der Waals surface area contributed by atoms with Crippen molar-refractivity contribution in [1.29, 1.82) is 0 Å². The van der Waals surface area contributed by atoms with Crippen molar-refractivity contribution < 1.29 is 9.53 Å². The molecule has 1 heterocycles. The molecule has 0 unspecified atom stereocenters. The summed E-state index contributed by atoms with van der Waals surface area (Å²) in [6, 6.07) is 5.46. The average Bonchev–Trinajstić information content (AvgIpc) is 2.88. The molecule has 0 N–H and O–H groups in total. The van der Waals surface area contributed by atoms with Crippen LogP contribution < -0.4 is 4.74 Å². The van der Waals surface area contributed by atoms with Gasteiger partial charge < -0.3 is 4.74 Å². The number of aromatic nitrogens is 3. The smallest absolute Gasteiger partial charge is 0.159 e. The van der Waals surface area contributed by atoms with Gasteiger partial charge in [-0.15, -0.1) is 5.10 Å². The summed E-state index contributed by atoms with van der Waals surface area (Å²) in [5.41, 5.74) is 2.46. The van der Waals surface area contributed by atoms with Gasteiger partial charge in [0.05, 0.1) is 18.8 Å². The van der Waals surface area contributed by atoms with E-state index in [-0.39, 0.29) is 5.78 Å². The van der Waals surface area contributed by atoms with Gasteiger partial charge in [-0.3, -0.25) is 4.79 Å². The predicted molar refractivity (Wildman–Crippen MR) is 79.4 cm³/mol. The van der Waals surface area contributed by atoms with E-state index in [4.69, 9.17) is 4.74 Å². The molecule has 0 spiro atoms. The van der Waals surface area contributed by atoms with Crippen LogP contribution in [0.3, 0.4) is 0 Å². The van der Waals surface area contributed by atoms with E-state index < -0.39 is 0 Å². The zero-order valence-electron chi connectivity index (χ0n) is 11.5. The first-order valence-corrected chi connectivity index (χ1v) is 7.47. The zero-order chi connectivity index (χ0) is 14.5. The molecule has 0 saturated heterocycles. The van der Waals surface area contributed by atoms with Gasteiger partial charge >= 0.3 is 0 Å². The van der Waals surface area contributed by atoms with Crippen LogP contribution in [0.25, 0.3) is 0 Å². The lowest BCUT2D eigenvalue weighted by atomic mass is 10.1. The first-order valence-electron chi connectivity index (χ1n) is 6.35. The molecular formula is C14H16BrN3O2. The molecule has 2 rings (SSSR count). The third-order valence-electron chi connectivity index (χ3n) is 2.82. The first-order chi connectivity index (χ1) is 9.63. The molecule has 0 atom stereocenters. The van der Waals surface area contributed by atoms with Crippen LogP contribution in [0, 0.1) is 0 Å². The SMILES string of the molecule is CCOc1ccc(C(C)=O)cc1Cn1cc(CBr)nn1. The fourth-order valence-corrected chi connectivity index (χ4v) is 2.13. The lowest BCUT2D eigenvalue weighted by Crippen LogP contribution is -2.06. The largest absolute Gasteiger partial charge is 0.494 e. The van der Waals surface area contributed by atoms with Crippen molar-refractivity contribution in [1.82, 2.24) is 15.0 Å². The van der Waals surface area contributed by atoms with Crippen molar-refractivity contribution in [3.05, 3.63) is 41.2 Å². The second-order valence-corrected chi connectivity index (χ2v) is 4.91. The minimum Gasteiger partial charge on any atom is -0.494 e. The molecule has 20 heavy (non-hydrogen) atoms. The Labute approximate surface area is 126 Å². The Balaban J connectivity index is 2.31. The van der Waals surface area contributed by atoms with E-state index in [1.807, 2.05) is 25.3 Å². The van der Waals surface area contributed by atoms with Crippen molar-refractivity contribution in [3.63, 3.8) is 0 Å². The monoisotopic (exact) mass is 337 g/mol. The van der Waals surface area contributed by atoms with E-state index in [9.17, 15) is 4.79 Å². The minimum absolute atomic E-state index is 0.0361. The second-order valence-electron chi connectivity index (χ2n) is 4.35. The maximum absolute atomic E-state index is 11.5. The van der Waals surface area contributed by atoms with Crippen LogP contribution in [0.15, 0.2) is 24.4 Å². The molecule has 1 aromatic carbocycles. The standard InChI is InChI=1S/C14H16BrN3O2/c1-3-20-14-5-4-11(10(2)19)6-12(14)8-18-9-13(7-15)16-17-18/h4-6,9H,3,7-8H2,1-2H3. The average molecular weight is 338 g/mol. The Hall–Kier alpha value is -1.69. The fourth-order valence-electron chi connectivity index (χ4n) is 1.87. The molecule has 0 saturated carbocycles. The highest BCUT2D eigenvalue weighted by Crippen LogP contribution is 2.22. The van der Waals surface area contributed by atoms with Gasteiger partial charge in [0.1, 0.15) is 5.75 Å². The van der Waals surface area contributed by atoms with E-state index in [1.165, 1.54) is 0 Å². The number of carbonyl (C=O) groups excluding carboxylic acids is 1. The number of Topliss-reactive ketones (excluding diaryl/α,β-unsaturated/α-hetero) is 1. The second kappa shape index (κ2) is 6.65. The molecule has 106 valence electrons. The lowest BCUT2D eigenvalue weighted by molar-refractivity contribution is 0.101. The number of hydrogen-bond donors (Lipinski definition) is 0. The van der Waals surface area contributed by atoms with Gasteiger partial charge in [-0.05, 0) is 32.0 Å². The molecule has 0 radical (unpaired) electrons. The van der Waals surface area contributed by atoms with Gasteiger partial charge in [0.25, 0.3) is 0 Å². The van der Waals surface area contributed by atoms with E-state index in [1.54, 1.807) is 17.7 Å². The molecule has 0 aliphatic heterocycles. The van der Waals surface area contributed by atoms with Crippen LogP contribution in [-0.4, -0.2) is 27.4 Å². The van der Waals surface area contributed by atoms with Gasteiger partial charge in [-0.2, -0.15) is 0 Å². The number of hydrogen-bond acceptors (Lipinski definition) is 4. The molecular weight excluding hydrogens is 322 g/mol. The van der Waals surface area contributed by atoms with E-state index >= 15 is 0 Å². The van der Waals surface area contributed by atoms with E-state index in [0.717, 1.165) is 17.0 Å². The van der Waals surface area contributed by atoms with Gasteiger partial charge in [-0.25, -0.2) is 4.68 Å². The van der Waals surface area contributed by atoms with Gasteiger partial charge in [0, 0.05) is 22.7 Å². The van der Waals surface area contributed by atoms with Crippen molar-refractivity contribution in [2.24, 2.45) is 0 Å². The van der Waals surface area contributed by atoms with Crippen LogP contribution in [0.1, 0.15) is 35.5 Å². The normalized spacial score (nSPS) is 10.6. The molecule has 0 amide bonds. The lowest BCUT2D eigenvalue weighted by Gasteiger charge is -2.11. The van der Waals surface area contributed by atoms with Gasteiger partial charge in [0.15, 0.2) is 5.78 Å². The number of carbonyl (C=O) groups is 1. The zero-order valence-corrected chi connectivity index (χ0v) is 13.1. The van der Waals surface area contributed by atoms with E-state index in [2.05, 4.69) is 26.2 Å². The number of benzene rings is 1. The number of ether oxygens (including phenoxy) is 1. The third-order valence-corrected chi connectivity index (χ3v) is 3.40. The highest BCUT2D eigenvalue weighted by atomic mass is 79.9. The Morgan fingerprint density at radius 3 is 2.85 bits per heavy atom. The van der Waals surface area contributed by atoms with Gasteiger partial charge in [0.2, 0.25) is 0 Å². The third kappa shape index (κ3) is 3.45. The number of nitrogens with zero attached hydrogens (tertiary/aromatic N) is 3. The van der Waals surface area contributed by atoms with E-state index in [0.29, 0.717) is 24.0 Å². The summed E-state index contributed by atoms with van der Waals surface area (Å²) in [4.78, 5) is 11.5. The number of rotatable bonds is 6. The maximum Gasteiger partial charge on any atom is 0.159 e. The molecule has 0 bridgehead atoms. The summed E-state index contributed by atoms with van der Waals surface area (Å²) < 4.78 is 7.33. The van der Waals surface area contributed by atoms with Crippen molar-refractivity contribution >= 4 is 21.7 Å². The summed E-state index contributed by atoms with van der Waals surface area (Å²) in [6.45, 7) is 4.59. The quantitative estimate of drug-likeness (QED) is 0.600. The first kappa shape index (κ1) is 14.7. The number of halogens is 1. The fraction of sp³-hybridized carbons (Fsp3) is 0.357. The molecule has 2 aromatic rings. The molecule has 5 nitrogen and oxygen atoms in total. The Bertz CT molecular complexity index is 610. The molecule has 0 fully saturated rings. The van der Waals surface area contributed by atoms with Gasteiger partial charge in [-0.1, -0.05) is 21.1 Å². The van der Waals surface area contributed by atoms with Crippen LogP contribution in [0.4, 0.5) is 0 Å². The Kier molecular flexibility index (Phi) is 4.89. The Morgan fingerprint density at radius 2 is 2.25 bits per heavy atom. The molecule has 0 aliphatic carbocycles. The van der Waals surface area contributed by atoms with Crippen molar-refractivity contribution in [3.8, 4) is 5.75 Å². The summed E-state index contributed by atoms with van der Waals surface area (Å²) in [5.74, 6) is 0.808. The summed E-state index contributed by atoms with van der Waals surface area (Å²) in [6.07, 6.45) is 1.87. The highest BCUT2D eigenvalue weighted by Gasteiger charge is 2.09. The Morgan fingerprint density at radius 1 is 1.45 bits per heavy atom. The predicted octanol–water partition coefficient (Wildman–Crippen LogP) is 2.82.